The predicted molar refractivity (Wildman–Crippen MR) is 140 cm³/mol. The van der Waals surface area contributed by atoms with E-state index in [-0.39, 0.29) is 0 Å². The fraction of sp³-hybridized carbons (Fsp3) is 0.385. The van der Waals surface area contributed by atoms with Crippen molar-refractivity contribution in [1.29, 1.82) is 0 Å². The Balaban J connectivity index is 0.000000604. The summed E-state index contributed by atoms with van der Waals surface area (Å²) in [6, 6.07) is 13.3. The molecule has 0 radical (unpaired) electrons. The molecule has 37 heavy (non-hydrogen) atoms. The average Bonchev–Trinajstić information content (AvgIpc) is 3.27. The Morgan fingerprint density at radius 3 is 1.76 bits per heavy atom. The fourth-order valence-corrected chi connectivity index (χ4v) is 3.73. The Bertz CT molecular complexity index is 1140. The Morgan fingerprint density at radius 1 is 0.865 bits per heavy atom. The van der Waals surface area contributed by atoms with Crippen LogP contribution in [0.5, 0.6) is 0 Å². The molecule has 0 aliphatic carbocycles. The van der Waals surface area contributed by atoms with Gasteiger partial charge in [0, 0.05) is 62.1 Å². The van der Waals surface area contributed by atoms with Crippen molar-refractivity contribution < 1.29 is 29.7 Å². The van der Waals surface area contributed by atoms with Gasteiger partial charge in [0.2, 0.25) is 0 Å². The van der Waals surface area contributed by atoms with Gasteiger partial charge in [0.1, 0.15) is 0 Å². The van der Waals surface area contributed by atoms with Crippen LogP contribution in [0.1, 0.15) is 67.7 Å². The second kappa shape index (κ2) is 10.9. The Kier molecular flexibility index (Phi) is 8.91. The number of hydrogen-bond acceptors (Lipinski definition) is 2. The zero-order valence-corrected chi connectivity index (χ0v) is 22.8. The predicted octanol–water partition coefficient (Wildman–Crippen LogP) is 8.81. The van der Waals surface area contributed by atoms with Gasteiger partial charge in [-0.05, 0) is 23.3 Å². The minimum absolute atomic E-state index is 0.456. The zero-order chi connectivity index (χ0) is 28.1. The van der Waals surface area contributed by atoms with E-state index < -0.39 is 7.81 Å². The van der Waals surface area contributed by atoms with E-state index in [4.69, 9.17) is 0 Å². The molecule has 1 N–H and O–H groups in total. The zero-order valence-electron chi connectivity index (χ0n) is 21.9. The number of pyridine rings is 1. The van der Waals surface area contributed by atoms with Crippen molar-refractivity contribution in [3.63, 3.8) is 0 Å². The van der Waals surface area contributed by atoms with Gasteiger partial charge in [-0.3, -0.25) is 0 Å². The van der Waals surface area contributed by atoms with Gasteiger partial charge in [-0.15, -0.1) is 0 Å². The second-order valence-corrected chi connectivity index (χ2v) is 11.6. The number of rotatable bonds is 8. The molecule has 0 atom stereocenters. The van der Waals surface area contributed by atoms with Crippen LogP contribution in [-0.2, 0) is 13.0 Å². The van der Waals surface area contributed by atoms with Crippen molar-refractivity contribution in [1.82, 2.24) is 9.97 Å². The molecule has 4 nitrogen and oxygen atoms in total. The molecule has 0 amide bonds. The first kappa shape index (κ1) is 30.4. The van der Waals surface area contributed by atoms with Gasteiger partial charge in [-0.2, -0.15) is 4.57 Å². The Morgan fingerprint density at radius 2 is 1.35 bits per heavy atom. The molecular formula is C26H35F6N4P. The molecular weight excluding hydrogens is 513 g/mol. The summed E-state index contributed by atoms with van der Waals surface area (Å²) in [7, 11) is -6.52. The van der Waals surface area contributed by atoms with Crippen molar-refractivity contribution in [2.45, 2.75) is 52.5 Å². The van der Waals surface area contributed by atoms with Crippen molar-refractivity contribution in [3.05, 3.63) is 77.1 Å². The van der Waals surface area contributed by atoms with Gasteiger partial charge in [0.15, 0.2) is 17.9 Å². The molecule has 0 fully saturated rings. The van der Waals surface area contributed by atoms with E-state index in [9.17, 15) is 25.2 Å². The Labute approximate surface area is 214 Å². The van der Waals surface area contributed by atoms with E-state index in [1.165, 1.54) is 33.9 Å². The number of imidazole rings is 1. The van der Waals surface area contributed by atoms with Crippen LogP contribution in [-0.4, -0.2) is 24.1 Å². The van der Waals surface area contributed by atoms with E-state index in [0.29, 0.717) is 11.8 Å². The van der Waals surface area contributed by atoms with E-state index in [2.05, 4.69) is 110 Å². The summed E-state index contributed by atoms with van der Waals surface area (Å²) in [6.45, 7) is 10.1. The van der Waals surface area contributed by atoms with Gasteiger partial charge < -0.3 is 9.88 Å². The quantitative estimate of drug-likeness (QED) is 0.173. The molecule has 0 aliphatic heterocycles. The van der Waals surface area contributed by atoms with Crippen LogP contribution in [0.2, 0.25) is 0 Å². The Hall–Kier alpha value is -2.87. The third kappa shape index (κ3) is 11.8. The molecule has 3 aromatic rings. The minimum atomic E-state index is -10.7. The molecule has 0 bridgehead atoms. The number of hydrogen-bond donors (Lipinski definition) is 1. The summed E-state index contributed by atoms with van der Waals surface area (Å²) in [6.07, 6.45) is 9.08. The summed E-state index contributed by atoms with van der Waals surface area (Å²) in [5, 5.41) is 0. The molecule has 0 aliphatic rings. The topological polar surface area (TPSA) is 35.8 Å². The van der Waals surface area contributed by atoms with Crippen LogP contribution >= 0.6 is 7.81 Å². The van der Waals surface area contributed by atoms with Crippen LogP contribution < -0.4 is 9.47 Å². The molecule has 0 spiro atoms. The summed E-state index contributed by atoms with van der Waals surface area (Å²) < 4.78 is 61.7. The SMILES string of the molecule is CC(C)c1cc(/C=C/c2ccc(N(C)C)cc2)cc(C(C)C)[n+]1CCc1cnc[nH]1.F[P-](F)(F)(F)(F)F. The number of H-pyrrole nitrogens is 1. The number of aryl methyl sites for hydroxylation is 1. The van der Waals surface area contributed by atoms with Crippen molar-refractivity contribution in [2.75, 3.05) is 19.0 Å². The number of anilines is 1. The number of aromatic nitrogens is 3. The standard InChI is InChI=1S/C26H35N4.F6P/c1-19(2)25-15-22(8-7-21-9-11-24(12-10-21)29(5)6)16-26(20(3)4)30(25)14-13-23-17-27-18-28-23;1-7(2,3,4,5)6/h7-12,15-20H,13-14H2,1-6H3,(H,27,28);/q+1;-1. The number of benzene rings is 1. The molecule has 0 saturated carbocycles. The van der Waals surface area contributed by atoms with E-state index in [1.54, 1.807) is 6.33 Å². The van der Waals surface area contributed by atoms with Crippen LogP contribution in [0, 0.1) is 0 Å². The van der Waals surface area contributed by atoms with Crippen molar-refractivity contribution >= 4 is 25.6 Å². The van der Waals surface area contributed by atoms with Crippen LogP contribution in [0.3, 0.4) is 0 Å². The molecule has 11 heteroatoms. The number of nitrogens with one attached hydrogen (secondary N) is 1. The first-order chi connectivity index (χ1) is 16.8. The molecule has 1 aromatic carbocycles. The van der Waals surface area contributed by atoms with E-state index >= 15 is 0 Å². The van der Waals surface area contributed by atoms with Gasteiger partial charge in [0.05, 0.1) is 6.33 Å². The third-order valence-corrected chi connectivity index (χ3v) is 5.47. The summed E-state index contributed by atoms with van der Waals surface area (Å²) in [5.74, 6) is 0.911. The van der Waals surface area contributed by atoms with Crippen LogP contribution in [0.4, 0.5) is 30.9 Å². The second-order valence-electron chi connectivity index (χ2n) is 9.70. The summed E-state index contributed by atoms with van der Waals surface area (Å²) >= 11 is 0. The fourth-order valence-electron chi connectivity index (χ4n) is 3.73. The molecule has 0 saturated heterocycles. The third-order valence-electron chi connectivity index (χ3n) is 5.47. The monoisotopic (exact) mass is 548 g/mol. The summed E-state index contributed by atoms with van der Waals surface area (Å²) in [5.41, 5.74) is 7.63. The number of halogens is 6. The molecule has 3 rings (SSSR count). The molecule has 2 heterocycles. The van der Waals surface area contributed by atoms with Crippen LogP contribution in [0.25, 0.3) is 12.2 Å². The van der Waals surface area contributed by atoms with E-state index in [0.717, 1.165) is 13.0 Å². The number of aromatic amines is 1. The van der Waals surface area contributed by atoms with E-state index in [1.807, 2.05) is 6.20 Å². The molecule has 2 aromatic heterocycles. The first-order valence-corrected chi connectivity index (χ1v) is 13.9. The maximum absolute atomic E-state index is 10.7. The van der Waals surface area contributed by atoms with Gasteiger partial charge in [0.25, 0.3) is 0 Å². The normalized spacial score (nSPS) is 13.9. The van der Waals surface area contributed by atoms with Crippen molar-refractivity contribution in [3.8, 4) is 0 Å². The summed E-state index contributed by atoms with van der Waals surface area (Å²) in [4.78, 5) is 9.50. The van der Waals surface area contributed by atoms with Crippen LogP contribution in [0.15, 0.2) is 48.9 Å². The average molecular weight is 549 g/mol. The van der Waals surface area contributed by atoms with Gasteiger partial charge in [-0.25, -0.2) is 4.98 Å². The molecule has 206 valence electrons. The number of nitrogens with zero attached hydrogens (tertiary/aromatic N) is 3. The van der Waals surface area contributed by atoms with Gasteiger partial charge in [-0.1, -0.05) is 52.0 Å². The van der Waals surface area contributed by atoms with Gasteiger partial charge >= 0.3 is 33.0 Å². The maximum atomic E-state index is 9.87. The van der Waals surface area contributed by atoms with Crippen molar-refractivity contribution in [2.24, 2.45) is 0 Å². The first-order valence-electron chi connectivity index (χ1n) is 11.9. The molecule has 0 unspecified atom stereocenters.